The number of aromatic nitrogens is 1. The van der Waals surface area contributed by atoms with Gasteiger partial charge in [0.25, 0.3) is 5.91 Å². The molecule has 1 aromatic rings. The van der Waals surface area contributed by atoms with Crippen LogP contribution in [0, 0.1) is 5.92 Å². The summed E-state index contributed by atoms with van der Waals surface area (Å²) in [6.45, 7) is 3.71. The summed E-state index contributed by atoms with van der Waals surface area (Å²) in [5, 5.41) is 0. The number of carbonyl (C=O) groups is 2. The molecule has 6 heteroatoms. The van der Waals surface area contributed by atoms with Gasteiger partial charge in [-0.25, -0.2) is 0 Å². The minimum Gasteiger partial charge on any atom is -0.397 e. The number of nitrogens with zero attached hydrogens (tertiary/aromatic N) is 2. The zero-order valence-electron chi connectivity index (χ0n) is 11.1. The van der Waals surface area contributed by atoms with Crippen molar-refractivity contribution in [2.24, 2.45) is 11.7 Å². The van der Waals surface area contributed by atoms with E-state index in [0.29, 0.717) is 31.0 Å². The second-order valence-electron chi connectivity index (χ2n) is 4.94. The molecule has 0 bridgehead atoms. The van der Waals surface area contributed by atoms with Crippen LogP contribution in [0.3, 0.4) is 0 Å². The van der Waals surface area contributed by atoms with Crippen molar-refractivity contribution in [3.63, 3.8) is 0 Å². The Morgan fingerprint density at radius 2 is 2.21 bits per heavy atom. The molecule has 19 heavy (non-hydrogen) atoms. The van der Waals surface area contributed by atoms with Crippen LogP contribution < -0.4 is 11.5 Å². The van der Waals surface area contributed by atoms with Crippen LogP contribution in [0.4, 0.5) is 5.69 Å². The van der Waals surface area contributed by atoms with Crippen molar-refractivity contribution in [1.29, 1.82) is 0 Å². The zero-order valence-corrected chi connectivity index (χ0v) is 11.1. The van der Waals surface area contributed by atoms with Crippen molar-refractivity contribution in [2.75, 3.05) is 18.8 Å². The molecule has 0 spiro atoms. The predicted molar refractivity (Wildman–Crippen MR) is 72.3 cm³/mol. The average Bonchev–Trinajstić information content (AvgIpc) is 2.79. The number of aryl methyl sites for hydroxylation is 1. The van der Waals surface area contributed by atoms with Crippen LogP contribution in [0.15, 0.2) is 12.3 Å². The normalized spacial score (nSPS) is 19.4. The van der Waals surface area contributed by atoms with Gasteiger partial charge in [-0.1, -0.05) is 0 Å². The molecule has 2 rings (SSSR count). The maximum Gasteiger partial charge on any atom is 0.270 e. The molecule has 1 aliphatic heterocycles. The number of primary amides is 1. The molecule has 1 aromatic heterocycles. The number of likely N-dealkylation sites (tertiary alicyclic amines) is 1. The van der Waals surface area contributed by atoms with Crippen molar-refractivity contribution < 1.29 is 9.59 Å². The number of piperidine rings is 1. The predicted octanol–water partition coefficient (Wildman–Crippen LogP) is 0.428. The van der Waals surface area contributed by atoms with Crippen LogP contribution in [0.1, 0.15) is 30.3 Å². The summed E-state index contributed by atoms with van der Waals surface area (Å²) < 4.78 is 1.82. The highest BCUT2D eigenvalue weighted by Gasteiger charge is 2.28. The number of carbonyl (C=O) groups excluding carboxylic acids is 2. The summed E-state index contributed by atoms with van der Waals surface area (Å²) in [5.74, 6) is -0.646. The van der Waals surface area contributed by atoms with Crippen molar-refractivity contribution in [2.45, 2.75) is 26.3 Å². The van der Waals surface area contributed by atoms with E-state index in [1.165, 1.54) is 0 Å². The monoisotopic (exact) mass is 264 g/mol. The molecule has 0 saturated carbocycles. The Morgan fingerprint density at radius 1 is 1.47 bits per heavy atom. The Morgan fingerprint density at radius 3 is 2.84 bits per heavy atom. The fourth-order valence-corrected chi connectivity index (χ4v) is 2.53. The van der Waals surface area contributed by atoms with Crippen LogP contribution in [-0.2, 0) is 11.3 Å². The summed E-state index contributed by atoms with van der Waals surface area (Å²) in [6, 6.07) is 1.68. The van der Waals surface area contributed by atoms with Crippen LogP contribution in [-0.4, -0.2) is 34.4 Å². The maximum absolute atomic E-state index is 12.5. The number of amides is 2. The Bertz CT molecular complexity index is 495. The molecule has 0 radical (unpaired) electrons. The molecule has 0 aliphatic carbocycles. The first-order valence-corrected chi connectivity index (χ1v) is 6.57. The summed E-state index contributed by atoms with van der Waals surface area (Å²) >= 11 is 0. The largest absolute Gasteiger partial charge is 0.397 e. The van der Waals surface area contributed by atoms with Crippen LogP contribution in [0.2, 0.25) is 0 Å². The molecular formula is C13H20N4O2. The molecule has 1 saturated heterocycles. The lowest BCUT2D eigenvalue weighted by molar-refractivity contribution is -0.123. The fourth-order valence-electron chi connectivity index (χ4n) is 2.53. The average molecular weight is 264 g/mol. The van der Waals surface area contributed by atoms with E-state index in [-0.39, 0.29) is 17.7 Å². The van der Waals surface area contributed by atoms with Gasteiger partial charge < -0.3 is 20.9 Å². The quantitative estimate of drug-likeness (QED) is 0.828. The Labute approximate surface area is 112 Å². The second kappa shape index (κ2) is 5.34. The molecular weight excluding hydrogens is 244 g/mol. The van der Waals surface area contributed by atoms with Gasteiger partial charge in [0.2, 0.25) is 5.91 Å². The summed E-state index contributed by atoms with van der Waals surface area (Å²) in [6.07, 6.45) is 3.32. The van der Waals surface area contributed by atoms with E-state index in [1.807, 2.05) is 11.5 Å². The molecule has 1 aliphatic rings. The van der Waals surface area contributed by atoms with Gasteiger partial charge in [-0.2, -0.15) is 0 Å². The Balaban J connectivity index is 2.16. The SMILES string of the molecule is CCn1cc(N)cc1C(=O)N1CCCC(C(N)=O)C1. The lowest BCUT2D eigenvalue weighted by Gasteiger charge is -2.31. The molecule has 0 aromatic carbocycles. The van der Waals surface area contributed by atoms with Crippen LogP contribution in [0.5, 0.6) is 0 Å². The van der Waals surface area contributed by atoms with E-state index < -0.39 is 0 Å². The highest BCUT2D eigenvalue weighted by atomic mass is 16.2. The fraction of sp³-hybridized carbons (Fsp3) is 0.538. The smallest absolute Gasteiger partial charge is 0.270 e. The molecule has 1 fully saturated rings. The number of nitrogen functional groups attached to an aromatic ring is 1. The van der Waals surface area contributed by atoms with Crippen molar-refractivity contribution in [3.05, 3.63) is 18.0 Å². The van der Waals surface area contributed by atoms with E-state index in [1.54, 1.807) is 17.2 Å². The molecule has 2 amide bonds. The number of hydrogen-bond acceptors (Lipinski definition) is 3. The van der Waals surface area contributed by atoms with E-state index in [9.17, 15) is 9.59 Å². The van der Waals surface area contributed by atoms with Gasteiger partial charge in [0.05, 0.1) is 11.6 Å². The van der Waals surface area contributed by atoms with Gasteiger partial charge >= 0.3 is 0 Å². The Kier molecular flexibility index (Phi) is 3.78. The van der Waals surface area contributed by atoms with Gasteiger partial charge in [-0.15, -0.1) is 0 Å². The standard InChI is InChI=1S/C13H20N4O2/c1-2-16-8-10(14)6-11(16)13(19)17-5-3-4-9(7-17)12(15)18/h6,8-9H,2-5,7,14H2,1H3,(H2,15,18). The number of nitrogens with two attached hydrogens (primary N) is 2. The number of rotatable bonds is 3. The van der Waals surface area contributed by atoms with Crippen molar-refractivity contribution in [3.8, 4) is 0 Å². The first kappa shape index (κ1) is 13.5. The van der Waals surface area contributed by atoms with Gasteiger partial charge in [0.1, 0.15) is 5.69 Å². The highest BCUT2D eigenvalue weighted by molar-refractivity contribution is 5.94. The van der Waals surface area contributed by atoms with E-state index in [0.717, 1.165) is 12.8 Å². The third-order valence-corrected chi connectivity index (χ3v) is 3.59. The highest BCUT2D eigenvalue weighted by Crippen LogP contribution is 2.20. The third-order valence-electron chi connectivity index (χ3n) is 3.59. The number of hydrogen-bond donors (Lipinski definition) is 2. The topological polar surface area (TPSA) is 94.3 Å². The summed E-state index contributed by atoms with van der Waals surface area (Å²) in [7, 11) is 0. The molecule has 2 heterocycles. The van der Waals surface area contributed by atoms with Gasteiger partial charge in [0, 0.05) is 25.8 Å². The van der Waals surface area contributed by atoms with E-state index in [4.69, 9.17) is 11.5 Å². The van der Waals surface area contributed by atoms with E-state index in [2.05, 4.69) is 0 Å². The first-order chi connectivity index (χ1) is 9.02. The van der Waals surface area contributed by atoms with E-state index >= 15 is 0 Å². The minimum atomic E-state index is -0.331. The van der Waals surface area contributed by atoms with Gasteiger partial charge in [0.15, 0.2) is 0 Å². The second-order valence-corrected chi connectivity index (χ2v) is 4.94. The molecule has 1 atom stereocenters. The van der Waals surface area contributed by atoms with Gasteiger partial charge in [-0.3, -0.25) is 9.59 Å². The molecule has 104 valence electrons. The third kappa shape index (κ3) is 2.72. The lowest BCUT2D eigenvalue weighted by Crippen LogP contribution is -2.44. The summed E-state index contributed by atoms with van der Waals surface area (Å²) in [4.78, 5) is 25.4. The van der Waals surface area contributed by atoms with Crippen LogP contribution >= 0.6 is 0 Å². The maximum atomic E-state index is 12.5. The van der Waals surface area contributed by atoms with Crippen molar-refractivity contribution >= 4 is 17.5 Å². The zero-order chi connectivity index (χ0) is 14.0. The van der Waals surface area contributed by atoms with Gasteiger partial charge in [-0.05, 0) is 25.8 Å². The number of anilines is 1. The molecule has 1 unspecified atom stereocenters. The van der Waals surface area contributed by atoms with Crippen LogP contribution in [0.25, 0.3) is 0 Å². The van der Waals surface area contributed by atoms with Crippen molar-refractivity contribution in [1.82, 2.24) is 9.47 Å². The molecule has 4 N–H and O–H groups in total. The minimum absolute atomic E-state index is 0.0792. The molecule has 6 nitrogen and oxygen atoms in total. The summed E-state index contributed by atoms with van der Waals surface area (Å²) in [5.41, 5.74) is 12.2. The first-order valence-electron chi connectivity index (χ1n) is 6.57. The lowest BCUT2D eigenvalue weighted by atomic mass is 9.97. The Hall–Kier alpha value is -1.98.